The smallest absolute Gasteiger partial charge is 0.323 e. The Balaban J connectivity index is 2.19. The van der Waals surface area contributed by atoms with Crippen molar-refractivity contribution in [2.24, 2.45) is 0 Å². The van der Waals surface area contributed by atoms with Crippen LogP contribution in [0.5, 0.6) is 0 Å². The quantitative estimate of drug-likeness (QED) is 0.914. The molecule has 1 aliphatic heterocycles. The summed E-state index contributed by atoms with van der Waals surface area (Å²) in [7, 11) is 0. The first-order valence-corrected chi connectivity index (χ1v) is 7.17. The highest BCUT2D eigenvalue weighted by atomic mass is 32.1. The van der Waals surface area contributed by atoms with Crippen molar-refractivity contribution in [3.8, 4) is 0 Å². The molecule has 1 aromatic rings. The number of hydrogen-bond acceptors (Lipinski definition) is 4. The molecule has 1 aliphatic rings. The molecule has 1 aromatic heterocycles. The molecule has 0 aromatic carbocycles. The van der Waals surface area contributed by atoms with Crippen molar-refractivity contribution < 1.29 is 19.4 Å². The standard InChI is InChI=1S/C13H17NO4S/c1-9-7-19-8-11(9)13(17)14(6-12(15)16)10-2-4-18-5-3-10/h7-8,10H,2-6H2,1H3,(H,15,16). The molecular formula is C13H17NO4S. The average Bonchev–Trinajstić information content (AvgIpc) is 2.82. The van der Waals surface area contributed by atoms with Crippen LogP contribution < -0.4 is 0 Å². The van der Waals surface area contributed by atoms with E-state index >= 15 is 0 Å². The molecule has 1 fully saturated rings. The number of carbonyl (C=O) groups is 2. The number of thiophene rings is 1. The molecule has 5 nitrogen and oxygen atoms in total. The minimum absolute atomic E-state index is 0.0448. The van der Waals surface area contributed by atoms with Crippen LogP contribution in [0, 0.1) is 6.92 Å². The summed E-state index contributed by atoms with van der Waals surface area (Å²) in [6, 6.07) is -0.0448. The lowest BCUT2D eigenvalue weighted by atomic mass is 10.1. The van der Waals surface area contributed by atoms with Crippen molar-refractivity contribution in [2.45, 2.75) is 25.8 Å². The topological polar surface area (TPSA) is 66.8 Å². The van der Waals surface area contributed by atoms with Gasteiger partial charge in [-0.05, 0) is 30.7 Å². The Bertz CT molecular complexity index is 465. The number of ether oxygens (including phenoxy) is 1. The second kappa shape index (κ2) is 6.16. The van der Waals surface area contributed by atoms with Gasteiger partial charge in [0.25, 0.3) is 5.91 Å². The molecule has 1 saturated heterocycles. The number of nitrogens with zero attached hydrogens (tertiary/aromatic N) is 1. The predicted octanol–water partition coefficient (Wildman–Crippen LogP) is 1.76. The van der Waals surface area contributed by atoms with E-state index in [0.29, 0.717) is 31.6 Å². The van der Waals surface area contributed by atoms with Gasteiger partial charge in [0.1, 0.15) is 6.54 Å². The lowest BCUT2D eigenvalue weighted by molar-refractivity contribution is -0.138. The van der Waals surface area contributed by atoms with E-state index in [-0.39, 0.29) is 18.5 Å². The minimum Gasteiger partial charge on any atom is -0.480 e. The van der Waals surface area contributed by atoms with Crippen LogP contribution in [0.25, 0.3) is 0 Å². The fraction of sp³-hybridized carbons (Fsp3) is 0.538. The molecule has 0 saturated carbocycles. The van der Waals surface area contributed by atoms with Crippen LogP contribution >= 0.6 is 11.3 Å². The molecule has 0 bridgehead atoms. The lowest BCUT2D eigenvalue weighted by Gasteiger charge is -2.33. The fourth-order valence-electron chi connectivity index (χ4n) is 2.24. The van der Waals surface area contributed by atoms with Gasteiger partial charge in [-0.3, -0.25) is 9.59 Å². The van der Waals surface area contributed by atoms with E-state index < -0.39 is 5.97 Å². The van der Waals surface area contributed by atoms with Gasteiger partial charge in [0.2, 0.25) is 0 Å². The van der Waals surface area contributed by atoms with E-state index in [1.165, 1.54) is 16.2 Å². The average molecular weight is 283 g/mol. The molecule has 1 amide bonds. The molecular weight excluding hydrogens is 266 g/mol. The minimum atomic E-state index is -0.979. The monoisotopic (exact) mass is 283 g/mol. The van der Waals surface area contributed by atoms with Crippen LogP contribution in [0.3, 0.4) is 0 Å². The van der Waals surface area contributed by atoms with Crippen LogP contribution in [0.15, 0.2) is 10.8 Å². The van der Waals surface area contributed by atoms with Crippen LogP contribution in [0.2, 0.25) is 0 Å². The number of amides is 1. The Morgan fingerprint density at radius 1 is 1.42 bits per heavy atom. The zero-order chi connectivity index (χ0) is 13.8. The molecule has 1 N–H and O–H groups in total. The Labute approximate surface area is 115 Å². The molecule has 2 heterocycles. The highest BCUT2D eigenvalue weighted by Gasteiger charge is 2.29. The van der Waals surface area contributed by atoms with Gasteiger partial charge < -0.3 is 14.7 Å². The number of carbonyl (C=O) groups excluding carboxylic acids is 1. The molecule has 19 heavy (non-hydrogen) atoms. The molecule has 0 spiro atoms. The highest BCUT2D eigenvalue weighted by Crippen LogP contribution is 2.21. The molecule has 2 rings (SSSR count). The molecule has 0 unspecified atom stereocenters. The van der Waals surface area contributed by atoms with E-state index in [1.54, 1.807) is 5.38 Å². The summed E-state index contributed by atoms with van der Waals surface area (Å²) < 4.78 is 5.27. The highest BCUT2D eigenvalue weighted by molar-refractivity contribution is 7.08. The van der Waals surface area contributed by atoms with Gasteiger partial charge in [0.05, 0.1) is 5.56 Å². The molecule has 0 radical (unpaired) electrons. The first-order valence-electron chi connectivity index (χ1n) is 6.23. The summed E-state index contributed by atoms with van der Waals surface area (Å²) in [4.78, 5) is 25.0. The van der Waals surface area contributed by atoms with Gasteiger partial charge in [0.15, 0.2) is 0 Å². The number of rotatable bonds is 4. The summed E-state index contributed by atoms with van der Waals surface area (Å²) in [5.74, 6) is -1.17. The second-order valence-corrected chi connectivity index (χ2v) is 5.38. The third-order valence-corrected chi connectivity index (χ3v) is 4.15. The van der Waals surface area contributed by atoms with Crippen molar-refractivity contribution in [2.75, 3.05) is 19.8 Å². The van der Waals surface area contributed by atoms with Crippen LogP contribution in [0.1, 0.15) is 28.8 Å². The first kappa shape index (κ1) is 14.0. The second-order valence-electron chi connectivity index (χ2n) is 4.64. The zero-order valence-electron chi connectivity index (χ0n) is 10.8. The molecule has 0 atom stereocenters. The molecule has 0 aliphatic carbocycles. The molecule has 6 heteroatoms. The van der Waals surface area contributed by atoms with E-state index in [0.717, 1.165) is 5.56 Å². The summed E-state index contributed by atoms with van der Waals surface area (Å²) in [5.41, 5.74) is 1.51. The van der Waals surface area contributed by atoms with E-state index in [1.807, 2.05) is 12.3 Å². The van der Waals surface area contributed by atoms with Crippen molar-refractivity contribution in [3.05, 3.63) is 21.9 Å². The number of hydrogen-bond donors (Lipinski definition) is 1. The van der Waals surface area contributed by atoms with E-state index in [9.17, 15) is 9.59 Å². The SMILES string of the molecule is Cc1cscc1C(=O)N(CC(=O)O)C1CCOCC1. The largest absolute Gasteiger partial charge is 0.480 e. The van der Waals surface area contributed by atoms with Crippen LogP contribution in [0.4, 0.5) is 0 Å². The number of aryl methyl sites for hydroxylation is 1. The van der Waals surface area contributed by atoms with Gasteiger partial charge in [-0.15, -0.1) is 0 Å². The van der Waals surface area contributed by atoms with Crippen LogP contribution in [-0.2, 0) is 9.53 Å². The summed E-state index contributed by atoms with van der Waals surface area (Å²) >= 11 is 1.46. The van der Waals surface area contributed by atoms with Gasteiger partial charge in [-0.25, -0.2) is 0 Å². The van der Waals surface area contributed by atoms with Crippen molar-refractivity contribution >= 4 is 23.2 Å². The number of aliphatic carboxylic acids is 1. The maximum absolute atomic E-state index is 12.5. The maximum Gasteiger partial charge on any atom is 0.323 e. The van der Waals surface area contributed by atoms with E-state index in [4.69, 9.17) is 9.84 Å². The Hall–Kier alpha value is -1.40. The summed E-state index contributed by atoms with van der Waals surface area (Å²) in [6.45, 7) is 2.78. The Morgan fingerprint density at radius 3 is 2.63 bits per heavy atom. The lowest BCUT2D eigenvalue weighted by Crippen LogP contribution is -2.46. The zero-order valence-corrected chi connectivity index (χ0v) is 11.6. The molecule has 104 valence electrons. The summed E-state index contributed by atoms with van der Waals surface area (Å²) in [5, 5.41) is 12.7. The number of carboxylic acid groups (broad SMARTS) is 1. The third kappa shape index (κ3) is 3.33. The fourth-order valence-corrected chi connectivity index (χ4v) is 3.07. The third-order valence-electron chi connectivity index (χ3n) is 3.28. The van der Waals surface area contributed by atoms with Gasteiger partial charge in [-0.2, -0.15) is 11.3 Å². The van der Waals surface area contributed by atoms with Crippen molar-refractivity contribution in [1.82, 2.24) is 4.90 Å². The number of carboxylic acids is 1. The Morgan fingerprint density at radius 2 is 2.11 bits per heavy atom. The maximum atomic E-state index is 12.5. The van der Waals surface area contributed by atoms with Gasteiger partial charge in [-0.1, -0.05) is 0 Å². The first-order chi connectivity index (χ1) is 9.09. The van der Waals surface area contributed by atoms with Gasteiger partial charge >= 0.3 is 5.97 Å². The van der Waals surface area contributed by atoms with Gasteiger partial charge in [0, 0.05) is 24.6 Å². The predicted molar refractivity (Wildman–Crippen MR) is 71.6 cm³/mol. The van der Waals surface area contributed by atoms with Crippen molar-refractivity contribution in [3.63, 3.8) is 0 Å². The normalized spacial score (nSPS) is 16.3. The van der Waals surface area contributed by atoms with Crippen molar-refractivity contribution in [1.29, 1.82) is 0 Å². The van der Waals surface area contributed by atoms with E-state index in [2.05, 4.69) is 0 Å². The summed E-state index contributed by atoms with van der Waals surface area (Å²) in [6.07, 6.45) is 1.39. The Kier molecular flexibility index (Phi) is 4.55. The van der Waals surface area contributed by atoms with Crippen LogP contribution in [-0.4, -0.2) is 47.7 Å².